The Kier molecular flexibility index (Phi) is 5.91. The van der Waals surface area contributed by atoms with Crippen molar-refractivity contribution in [3.63, 3.8) is 0 Å². The van der Waals surface area contributed by atoms with Crippen molar-refractivity contribution in [2.24, 2.45) is 0 Å². The summed E-state index contributed by atoms with van der Waals surface area (Å²) in [5.74, 6) is 1.71. The Morgan fingerprint density at radius 1 is 0.630 bits per heavy atom. The summed E-state index contributed by atoms with van der Waals surface area (Å²) in [6.07, 6.45) is 13.2. The van der Waals surface area contributed by atoms with E-state index in [-0.39, 0.29) is 5.97 Å². The van der Waals surface area contributed by atoms with Crippen LogP contribution in [0.2, 0.25) is 0 Å². The lowest BCUT2D eigenvalue weighted by Crippen LogP contribution is -2.10. The zero-order valence-corrected chi connectivity index (χ0v) is 16.2. The zero-order valence-electron chi connectivity index (χ0n) is 16.2. The summed E-state index contributed by atoms with van der Waals surface area (Å²) in [6, 6.07) is 16.2. The number of benzene rings is 2. The van der Waals surface area contributed by atoms with Gasteiger partial charge in [0.25, 0.3) is 0 Å². The Morgan fingerprint density at radius 3 is 1.56 bits per heavy atom. The van der Waals surface area contributed by atoms with Crippen molar-refractivity contribution in [3.05, 3.63) is 65.2 Å². The first-order valence-electron chi connectivity index (χ1n) is 10.7. The summed E-state index contributed by atoms with van der Waals surface area (Å²) < 4.78 is 5.59. The van der Waals surface area contributed by atoms with Gasteiger partial charge >= 0.3 is 5.97 Å². The zero-order chi connectivity index (χ0) is 18.5. The molecule has 0 bridgehead atoms. The fourth-order valence-electron chi connectivity index (χ4n) is 4.74. The maximum absolute atomic E-state index is 12.5. The second-order valence-electron chi connectivity index (χ2n) is 8.25. The molecular formula is C25H30O2. The Balaban J connectivity index is 1.36. The first-order valence-corrected chi connectivity index (χ1v) is 10.7. The van der Waals surface area contributed by atoms with E-state index in [1.54, 1.807) is 0 Å². The molecule has 2 heteroatoms. The van der Waals surface area contributed by atoms with Crippen molar-refractivity contribution >= 4 is 5.97 Å². The average Bonchev–Trinajstić information content (AvgIpc) is 2.76. The highest BCUT2D eigenvalue weighted by Gasteiger charge is 2.17. The maximum Gasteiger partial charge on any atom is 0.343 e. The third kappa shape index (κ3) is 4.61. The standard InChI is InChI=1S/C25H30O2/c26-25(23-13-11-21(12-14-23)19-7-3-1-4-8-19)27-24-17-15-22(16-18-24)20-9-5-2-6-10-20/h11-20H,1-10H2. The fraction of sp³-hybridized carbons (Fsp3) is 0.480. The minimum atomic E-state index is -0.268. The molecule has 0 heterocycles. The number of ether oxygens (including phenoxy) is 1. The minimum Gasteiger partial charge on any atom is -0.423 e. The molecule has 2 saturated carbocycles. The molecule has 2 aliphatic carbocycles. The monoisotopic (exact) mass is 362 g/mol. The van der Waals surface area contributed by atoms with Crippen molar-refractivity contribution in [1.82, 2.24) is 0 Å². The van der Waals surface area contributed by atoms with Gasteiger partial charge in [-0.1, -0.05) is 62.8 Å². The van der Waals surface area contributed by atoms with Gasteiger partial charge in [0, 0.05) is 0 Å². The quantitative estimate of drug-likeness (QED) is 0.432. The lowest BCUT2D eigenvalue weighted by atomic mass is 9.84. The second-order valence-corrected chi connectivity index (χ2v) is 8.25. The molecule has 0 N–H and O–H groups in total. The summed E-state index contributed by atoms with van der Waals surface area (Å²) in [4.78, 5) is 12.5. The topological polar surface area (TPSA) is 26.3 Å². The SMILES string of the molecule is O=C(Oc1ccc(C2CCCCC2)cc1)c1ccc(C2CCCCC2)cc1. The lowest BCUT2D eigenvalue weighted by Gasteiger charge is -2.22. The summed E-state index contributed by atoms with van der Waals surface area (Å²) >= 11 is 0. The highest BCUT2D eigenvalue weighted by atomic mass is 16.5. The van der Waals surface area contributed by atoms with Crippen LogP contribution in [0.3, 0.4) is 0 Å². The first kappa shape index (κ1) is 18.3. The van der Waals surface area contributed by atoms with E-state index in [2.05, 4.69) is 24.3 Å². The van der Waals surface area contributed by atoms with E-state index in [4.69, 9.17) is 4.74 Å². The Bertz CT molecular complexity index is 733. The summed E-state index contributed by atoms with van der Waals surface area (Å²) in [6.45, 7) is 0. The molecule has 4 rings (SSSR count). The van der Waals surface area contributed by atoms with Crippen LogP contribution in [0.25, 0.3) is 0 Å². The van der Waals surface area contributed by atoms with E-state index in [1.807, 2.05) is 24.3 Å². The van der Waals surface area contributed by atoms with E-state index in [9.17, 15) is 4.79 Å². The molecule has 2 nitrogen and oxygen atoms in total. The molecule has 142 valence electrons. The highest BCUT2D eigenvalue weighted by molar-refractivity contribution is 5.91. The fourth-order valence-corrected chi connectivity index (χ4v) is 4.74. The van der Waals surface area contributed by atoms with Gasteiger partial charge in [-0.2, -0.15) is 0 Å². The van der Waals surface area contributed by atoms with E-state index in [0.717, 1.165) is 0 Å². The number of hydrogen-bond acceptors (Lipinski definition) is 2. The van der Waals surface area contributed by atoms with Crippen LogP contribution < -0.4 is 4.74 Å². The van der Waals surface area contributed by atoms with E-state index in [1.165, 1.54) is 75.3 Å². The van der Waals surface area contributed by atoms with Crippen molar-refractivity contribution < 1.29 is 9.53 Å². The van der Waals surface area contributed by atoms with Crippen LogP contribution in [0.15, 0.2) is 48.5 Å². The van der Waals surface area contributed by atoms with Crippen LogP contribution in [0.5, 0.6) is 5.75 Å². The third-order valence-corrected chi connectivity index (χ3v) is 6.39. The van der Waals surface area contributed by atoms with Crippen molar-refractivity contribution in [2.75, 3.05) is 0 Å². The molecule has 0 atom stereocenters. The van der Waals surface area contributed by atoms with Crippen LogP contribution in [-0.4, -0.2) is 5.97 Å². The predicted octanol–water partition coefficient (Wildman–Crippen LogP) is 7.00. The van der Waals surface area contributed by atoms with Gasteiger partial charge in [-0.05, 0) is 72.9 Å². The number of esters is 1. The van der Waals surface area contributed by atoms with Crippen LogP contribution >= 0.6 is 0 Å². The van der Waals surface area contributed by atoms with E-state index >= 15 is 0 Å². The normalized spacial score (nSPS) is 19.0. The van der Waals surface area contributed by atoms with Gasteiger partial charge in [0.2, 0.25) is 0 Å². The molecule has 0 aromatic heterocycles. The predicted molar refractivity (Wildman–Crippen MR) is 109 cm³/mol. The molecule has 0 unspecified atom stereocenters. The molecule has 0 saturated heterocycles. The summed E-state index contributed by atoms with van der Waals surface area (Å²) in [7, 11) is 0. The molecule has 2 aromatic carbocycles. The number of rotatable bonds is 4. The molecule has 0 spiro atoms. The first-order chi connectivity index (χ1) is 13.3. The van der Waals surface area contributed by atoms with Gasteiger partial charge in [0.05, 0.1) is 5.56 Å². The van der Waals surface area contributed by atoms with Crippen LogP contribution in [0, 0.1) is 0 Å². The number of carbonyl (C=O) groups excluding carboxylic acids is 1. The van der Waals surface area contributed by atoms with Gasteiger partial charge < -0.3 is 4.74 Å². The highest BCUT2D eigenvalue weighted by Crippen LogP contribution is 2.34. The summed E-state index contributed by atoms with van der Waals surface area (Å²) in [5.41, 5.74) is 3.38. The van der Waals surface area contributed by atoms with E-state index < -0.39 is 0 Å². The van der Waals surface area contributed by atoms with Crippen LogP contribution in [-0.2, 0) is 0 Å². The molecule has 27 heavy (non-hydrogen) atoms. The van der Waals surface area contributed by atoms with Crippen molar-refractivity contribution in [1.29, 1.82) is 0 Å². The van der Waals surface area contributed by atoms with Gasteiger partial charge in [0.1, 0.15) is 5.75 Å². The maximum atomic E-state index is 12.5. The largest absolute Gasteiger partial charge is 0.423 e. The van der Waals surface area contributed by atoms with Gasteiger partial charge in [-0.15, -0.1) is 0 Å². The Hall–Kier alpha value is -2.09. The number of carbonyl (C=O) groups is 1. The third-order valence-electron chi connectivity index (χ3n) is 6.39. The molecule has 2 aliphatic rings. The van der Waals surface area contributed by atoms with Gasteiger partial charge in [-0.3, -0.25) is 0 Å². The van der Waals surface area contributed by atoms with E-state index in [0.29, 0.717) is 23.1 Å². The van der Waals surface area contributed by atoms with Gasteiger partial charge in [0.15, 0.2) is 0 Å². The van der Waals surface area contributed by atoms with Crippen molar-refractivity contribution in [2.45, 2.75) is 76.0 Å². The van der Waals surface area contributed by atoms with Gasteiger partial charge in [-0.25, -0.2) is 4.79 Å². The number of hydrogen-bond donors (Lipinski definition) is 0. The van der Waals surface area contributed by atoms with Crippen molar-refractivity contribution in [3.8, 4) is 5.75 Å². The molecule has 0 amide bonds. The Morgan fingerprint density at radius 2 is 1.07 bits per heavy atom. The molecule has 0 aliphatic heterocycles. The molecular weight excluding hydrogens is 332 g/mol. The lowest BCUT2D eigenvalue weighted by molar-refractivity contribution is 0.0734. The minimum absolute atomic E-state index is 0.268. The molecule has 0 radical (unpaired) electrons. The second kappa shape index (κ2) is 8.73. The smallest absolute Gasteiger partial charge is 0.343 e. The van der Waals surface area contributed by atoms with Crippen LogP contribution in [0.1, 0.15) is 97.5 Å². The van der Waals surface area contributed by atoms with Crippen LogP contribution in [0.4, 0.5) is 0 Å². The summed E-state index contributed by atoms with van der Waals surface area (Å²) in [5, 5.41) is 0. The Labute approximate surface area is 162 Å². The molecule has 2 fully saturated rings. The average molecular weight is 363 g/mol. The molecule has 2 aromatic rings.